The Balaban J connectivity index is 1.75. The van der Waals surface area contributed by atoms with E-state index in [0.29, 0.717) is 6.04 Å². The lowest BCUT2D eigenvalue weighted by molar-refractivity contribution is 0.141. The van der Waals surface area contributed by atoms with Crippen LogP contribution < -0.4 is 5.73 Å². The molecule has 0 radical (unpaired) electrons. The van der Waals surface area contributed by atoms with Crippen molar-refractivity contribution in [1.82, 2.24) is 14.3 Å². The van der Waals surface area contributed by atoms with Crippen molar-refractivity contribution >= 4 is 16.3 Å². The molecule has 0 unspecified atom stereocenters. The molecule has 0 atom stereocenters. The van der Waals surface area contributed by atoms with Gasteiger partial charge in [-0.25, -0.2) is 4.98 Å². The van der Waals surface area contributed by atoms with E-state index >= 15 is 0 Å². The smallest absolute Gasteiger partial charge is 0.193 e. The molecule has 2 aromatic heterocycles. The third-order valence-electron chi connectivity index (χ3n) is 2.51. The number of thiazole rings is 1. The minimum absolute atomic E-state index is 0.374. The minimum atomic E-state index is 0.374. The molecule has 1 saturated heterocycles. The van der Waals surface area contributed by atoms with Crippen LogP contribution in [0.25, 0.3) is 4.96 Å². The summed E-state index contributed by atoms with van der Waals surface area (Å²) in [6.07, 6.45) is 4.13. The summed E-state index contributed by atoms with van der Waals surface area (Å²) in [5.74, 6) is 0. The molecule has 74 valence electrons. The Kier molecular flexibility index (Phi) is 1.83. The highest BCUT2D eigenvalue weighted by molar-refractivity contribution is 7.15. The summed E-state index contributed by atoms with van der Waals surface area (Å²) in [6.45, 7) is 2.94. The monoisotopic (exact) mass is 208 g/mol. The number of aromatic nitrogens is 2. The maximum Gasteiger partial charge on any atom is 0.193 e. The summed E-state index contributed by atoms with van der Waals surface area (Å²) in [5.41, 5.74) is 6.85. The van der Waals surface area contributed by atoms with Gasteiger partial charge in [0.05, 0.1) is 5.69 Å². The molecule has 0 spiro atoms. The van der Waals surface area contributed by atoms with E-state index in [9.17, 15) is 0 Å². The van der Waals surface area contributed by atoms with E-state index in [4.69, 9.17) is 5.73 Å². The van der Waals surface area contributed by atoms with Crippen LogP contribution in [0.1, 0.15) is 5.69 Å². The van der Waals surface area contributed by atoms with Crippen LogP contribution in [0.5, 0.6) is 0 Å². The predicted molar refractivity (Wildman–Crippen MR) is 56.3 cm³/mol. The van der Waals surface area contributed by atoms with Gasteiger partial charge in [-0.2, -0.15) is 0 Å². The zero-order valence-corrected chi connectivity index (χ0v) is 8.57. The van der Waals surface area contributed by atoms with Crippen molar-refractivity contribution in [2.75, 3.05) is 13.1 Å². The first-order chi connectivity index (χ1) is 6.81. The van der Waals surface area contributed by atoms with Crippen LogP contribution in [-0.4, -0.2) is 33.4 Å². The summed E-state index contributed by atoms with van der Waals surface area (Å²) in [5, 5.41) is 2.05. The fourth-order valence-corrected chi connectivity index (χ4v) is 2.54. The van der Waals surface area contributed by atoms with E-state index in [2.05, 4.69) is 20.5 Å². The molecule has 0 aliphatic carbocycles. The number of imidazole rings is 1. The lowest BCUT2D eigenvalue weighted by Crippen LogP contribution is -2.54. The van der Waals surface area contributed by atoms with Gasteiger partial charge in [0.2, 0.25) is 0 Å². The Morgan fingerprint density at radius 3 is 3.14 bits per heavy atom. The summed E-state index contributed by atoms with van der Waals surface area (Å²) < 4.78 is 2.07. The standard InChI is InChI=1S/C9H12N4S/c10-7-3-12(4-7)5-8-6-13-1-2-14-9(13)11-8/h1-2,6-7H,3-5,10H2. The fraction of sp³-hybridized carbons (Fsp3) is 0.444. The minimum Gasteiger partial charge on any atom is -0.325 e. The Morgan fingerprint density at radius 2 is 2.43 bits per heavy atom. The topological polar surface area (TPSA) is 46.6 Å². The first-order valence-electron chi connectivity index (χ1n) is 4.70. The van der Waals surface area contributed by atoms with E-state index in [1.807, 2.05) is 11.6 Å². The van der Waals surface area contributed by atoms with Crippen molar-refractivity contribution in [3.05, 3.63) is 23.5 Å². The Labute approximate surface area is 86.0 Å². The van der Waals surface area contributed by atoms with Crippen LogP contribution >= 0.6 is 11.3 Å². The predicted octanol–water partition coefficient (Wildman–Crippen LogP) is 0.539. The fourth-order valence-electron chi connectivity index (χ4n) is 1.82. The Morgan fingerprint density at radius 1 is 1.57 bits per heavy atom. The van der Waals surface area contributed by atoms with Crippen molar-refractivity contribution in [3.63, 3.8) is 0 Å². The van der Waals surface area contributed by atoms with Crippen molar-refractivity contribution in [2.45, 2.75) is 12.6 Å². The maximum absolute atomic E-state index is 5.71. The van der Waals surface area contributed by atoms with Gasteiger partial charge in [-0.15, -0.1) is 11.3 Å². The molecule has 1 fully saturated rings. The first kappa shape index (κ1) is 8.40. The average molecular weight is 208 g/mol. The summed E-state index contributed by atoms with van der Waals surface area (Å²) >= 11 is 1.67. The van der Waals surface area contributed by atoms with Gasteiger partial charge >= 0.3 is 0 Å². The number of nitrogens with two attached hydrogens (primary N) is 1. The molecule has 3 heterocycles. The summed E-state index contributed by atoms with van der Waals surface area (Å²) in [4.78, 5) is 7.91. The number of fused-ring (bicyclic) bond motifs is 1. The maximum atomic E-state index is 5.71. The second-order valence-electron chi connectivity index (χ2n) is 3.78. The number of likely N-dealkylation sites (tertiary alicyclic amines) is 1. The van der Waals surface area contributed by atoms with Crippen molar-refractivity contribution in [2.24, 2.45) is 5.73 Å². The van der Waals surface area contributed by atoms with Gasteiger partial charge in [-0.3, -0.25) is 9.30 Å². The third kappa shape index (κ3) is 1.33. The van der Waals surface area contributed by atoms with Gasteiger partial charge in [0.1, 0.15) is 0 Å². The molecule has 0 saturated carbocycles. The molecule has 2 aromatic rings. The molecule has 0 amide bonds. The van der Waals surface area contributed by atoms with Crippen molar-refractivity contribution in [1.29, 1.82) is 0 Å². The van der Waals surface area contributed by atoms with Crippen LogP contribution in [0.3, 0.4) is 0 Å². The van der Waals surface area contributed by atoms with E-state index in [1.54, 1.807) is 11.3 Å². The first-order valence-corrected chi connectivity index (χ1v) is 5.58. The highest BCUT2D eigenvalue weighted by Gasteiger charge is 2.23. The zero-order chi connectivity index (χ0) is 9.54. The lowest BCUT2D eigenvalue weighted by Gasteiger charge is -2.36. The van der Waals surface area contributed by atoms with Gasteiger partial charge in [0, 0.05) is 43.4 Å². The number of rotatable bonds is 2. The number of hydrogen-bond donors (Lipinski definition) is 1. The van der Waals surface area contributed by atoms with E-state index in [1.165, 1.54) is 0 Å². The molecule has 5 heteroatoms. The molecular weight excluding hydrogens is 196 g/mol. The summed E-state index contributed by atoms with van der Waals surface area (Å²) in [7, 11) is 0. The van der Waals surface area contributed by atoms with Gasteiger partial charge in [-0.1, -0.05) is 0 Å². The molecule has 3 rings (SSSR count). The van der Waals surface area contributed by atoms with Crippen LogP contribution in [-0.2, 0) is 6.54 Å². The molecule has 4 nitrogen and oxygen atoms in total. The molecule has 0 bridgehead atoms. The van der Waals surface area contributed by atoms with Crippen LogP contribution in [0.2, 0.25) is 0 Å². The second-order valence-corrected chi connectivity index (χ2v) is 4.65. The number of hydrogen-bond acceptors (Lipinski definition) is 4. The molecular formula is C9H12N4S. The van der Waals surface area contributed by atoms with Gasteiger partial charge in [0.15, 0.2) is 4.96 Å². The SMILES string of the molecule is NC1CN(Cc2cn3ccsc3n2)C1. The van der Waals surface area contributed by atoms with Crippen molar-refractivity contribution < 1.29 is 0 Å². The quantitative estimate of drug-likeness (QED) is 0.783. The molecule has 0 aromatic carbocycles. The molecule has 1 aliphatic heterocycles. The third-order valence-corrected chi connectivity index (χ3v) is 3.28. The molecule has 14 heavy (non-hydrogen) atoms. The van der Waals surface area contributed by atoms with Crippen LogP contribution in [0.4, 0.5) is 0 Å². The van der Waals surface area contributed by atoms with Crippen molar-refractivity contribution in [3.8, 4) is 0 Å². The van der Waals surface area contributed by atoms with Gasteiger partial charge in [-0.05, 0) is 0 Å². The zero-order valence-electron chi connectivity index (χ0n) is 7.76. The highest BCUT2D eigenvalue weighted by atomic mass is 32.1. The highest BCUT2D eigenvalue weighted by Crippen LogP contribution is 2.15. The second kappa shape index (κ2) is 3.05. The molecule has 2 N–H and O–H groups in total. The number of nitrogens with zero attached hydrogens (tertiary/aromatic N) is 3. The summed E-state index contributed by atoms with van der Waals surface area (Å²) in [6, 6.07) is 0.374. The largest absolute Gasteiger partial charge is 0.325 e. The normalized spacial score (nSPS) is 18.9. The van der Waals surface area contributed by atoms with Crippen LogP contribution in [0, 0.1) is 0 Å². The lowest BCUT2D eigenvalue weighted by atomic mass is 10.1. The van der Waals surface area contributed by atoms with Gasteiger partial charge < -0.3 is 5.73 Å². The average Bonchev–Trinajstić information content (AvgIpc) is 2.60. The Hall–Kier alpha value is -0.910. The van der Waals surface area contributed by atoms with Crippen LogP contribution in [0.15, 0.2) is 17.8 Å². The van der Waals surface area contributed by atoms with Gasteiger partial charge in [0.25, 0.3) is 0 Å². The Bertz CT molecular complexity index is 412. The molecule has 1 aliphatic rings. The van der Waals surface area contributed by atoms with E-state index in [0.717, 1.165) is 30.3 Å². The van der Waals surface area contributed by atoms with E-state index in [-0.39, 0.29) is 0 Å². The van der Waals surface area contributed by atoms with E-state index < -0.39 is 0 Å².